The lowest BCUT2D eigenvalue weighted by Gasteiger charge is -2.13. The molecule has 0 radical (unpaired) electrons. The second-order valence-electron chi connectivity index (χ2n) is 3.38. The first-order valence-electron chi connectivity index (χ1n) is 4.60. The van der Waals surface area contributed by atoms with Gasteiger partial charge in [-0.15, -0.1) is 0 Å². The number of nitrogen functional groups attached to an aromatic ring is 1. The first-order chi connectivity index (χ1) is 7.41. The monoisotopic (exact) mass is 223 g/mol. The van der Waals surface area contributed by atoms with E-state index in [1.807, 2.05) is 0 Å². The van der Waals surface area contributed by atoms with Crippen LogP contribution in [0.5, 0.6) is 0 Å². The molecule has 0 aliphatic heterocycles. The zero-order valence-corrected chi connectivity index (χ0v) is 8.73. The SMILES string of the molecule is CC(Nc1ccc(C(=O)O)cc1N)C(N)=O. The Kier molecular flexibility index (Phi) is 3.34. The third-order valence-corrected chi connectivity index (χ3v) is 2.10. The van der Waals surface area contributed by atoms with Crippen LogP contribution in [0.4, 0.5) is 11.4 Å². The van der Waals surface area contributed by atoms with Crippen molar-refractivity contribution >= 4 is 23.3 Å². The van der Waals surface area contributed by atoms with Crippen molar-refractivity contribution in [3.05, 3.63) is 23.8 Å². The Morgan fingerprint density at radius 2 is 2.06 bits per heavy atom. The van der Waals surface area contributed by atoms with Gasteiger partial charge in [0.1, 0.15) is 6.04 Å². The number of carboxylic acid groups (broad SMARTS) is 1. The predicted octanol–water partition coefficient (Wildman–Crippen LogP) is 0.253. The van der Waals surface area contributed by atoms with E-state index >= 15 is 0 Å². The van der Waals surface area contributed by atoms with Gasteiger partial charge in [-0.3, -0.25) is 4.79 Å². The van der Waals surface area contributed by atoms with Crippen LogP contribution in [0.2, 0.25) is 0 Å². The molecule has 86 valence electrons. The standard InChI is InChI=1S/C10H13N3O3/c1-5(9(12)14)13-8-3-2-6(10(15)16)4-7(8)11/h2-5,13H,11H2,1H3,(H2,12,14)(H,15,16). The average molecular weight is 223 g/mol. The van der Waals surface area contributed by atoms with Gasteiger partial charge in [0.15, 0.2) is 0 Å². The van der Waals surface area contributed by atoms with Gasteiger partial charge in [-0.05, 0) is 25.1 Å². The van der Waals surface area contributed by atoms with Crippen molar-refractivity contribution in [2.75, 3.05) is 11.1 Å². The maximum absolute atomic E-state index is 10.8. The van der Waals surface area contributed by atoms with Crippen LogP contribution in [0.1, 0.15) is 17.3 Å². The molecule has 0 saturated heterocycles. The van der Waals surface area contributed by atoms with Gasteiger partial charge in [0.25, 0.3) is 0 Å². The Labute approximate surface area is 92.2 Å². The quantitative estimate of drug-likeness (QED) is 0.546. The van der Waals surface area contributed by atoms with Gasteiger partial charge in [0.2, 0.25) is 5.91 Å². The van der Waals surface area contributed by atoms with Crippen LogP contribution >= 0.6 is 0 Å². The molecule has 0 saturated carbocycles. The smallest absolute Gasteiger partial charge is 0.335 e. The molecule has 1 amide bonds. The maximum Gasteiger partial charge on any atom is 0.335 e. The number of anilines is 2. The molecule has 1 atom stereocenters. The second kappa shape index (κ2) is 4.52. The molecule has 6 nitrogen and oxygen atoms in total. The van der Waals surface area contributed by atoms with E-state index in [0.29, 0.717) is 5.69 Å². The van der Waals surface area contributed by atoms with Gasteiger partial charge in [-0.1, -0.05) is 0 Å². The minimum Gasteiger partial charge on any atom is -0.478 e. The largest absolute Gasteiger partial charge is 0.478 e. The number of benzene rings is 1. The maximum atomic E-state index is 10.8. The van der Waals surface area contributed by atoms with Crippen LogP contribution in [0.15, 0.2) is 18.2 Å². The van der Waals surface area contributed by atoms with Crippen molar-refractivity contribution in [2.45, 2.75) is 13.0 Å². The summed E-state index contributed by atoms with van der Waals surface area (Å²) in [7, 11) is 0. The molecule has 16 heavy (non-hydrogen) atoms. The van der Waals surface area contributed by atoms with Crippen molar-refractivity contribution in [3.8, 4) is 0 Å². The van der Waals surface area contributed by atoms with Crippen molar-refractivity contribution in [2.24, 2.45) is 5.73 Å². The summed E-state index contributed by atoms with van der Waals surface area (Å²) in [5.74, 6) is -1.57. The Balaban J connectivity index is 2.91. The molecule has 0 fully saturated rings. The van der Waals surface area contributed by atoms with E-state index in [-0.39, 0.29) is 11.3 Å². The third kappa shape index (κ3) is 2.63. The number of carbonyl (C=O) groups excluding carboxylic acids is 1. The number of hydrogen-bond donors (Lipinski definition) is 4. The van der Waals surface area contributed by atoms with Gasteiger partial charge in [0, 0.05) is 0 Å². The second-order valence-corrected chi connectivity index (χ2v) is 3.38. The Morgan fingerprint density at radius 1 is 1.44 bits per heavy atom. The van der Waals surface area contributed by atoms with Crippen LogP contribution in [0.25, 0.3) is 0 Å². The molecule has 1 unspecified atom stereocenters. The number of primary amides is 1. The molecule has 1 aromatic rings. The Morgan fingerprint density at radius 3 is 2.50 bits per heavy atom. The molecule has 0 heterocycles. The van der Waals surface area contributed by atoms with Gasteiger partial charge in [-0.25, -0.2) is 4.79 Å². The van der Waals surface area contributed by atoms with Crippen molar-refractivity contribution < 1.29 is 14.7 Å². The Bertz CT molecular complexity index is 431. The molecule has 1 aromatic carbocycles. The van der Waals surface area contributed by atoms with Gasteiger partial charge in [-0.2, -0.15) is 0 Å². The normalized spacial score (nSPS) is 11.8. The molecule has 0 bridgehead atoms. The van der Waals surface area contributed by atoms with Gasteiger partial charge >= 0.3 is 5.97 Å². The summed E-state index contributed by atoms with van der Waals surface area (Å²) in [5.41, 5.74) is 11.5. The molecular formula is C10H13N3O3. The first-order valence-corrected chi connectivity index (χ1v) is 4.60. The predicted molar refractivity (Wildman–Crippen MR) is 60.1 cm³/mol. The number of nitrogens with one attached hydrogen (secondary N) is 1. The van der Waals surface area contributed by atoms with Gasteiger partial charge < -0.3 is 21.9 Å². The average Bonchev–Trinajstić information content (AvgIpc) is 2.20. The highest BCUT2D eigenvalue weighted by Crippen LogP contribution is 2.20. The lowest BCUT2D eigenvalue weighted by molar-refractivity contribution is -0.118. The van der Waals surface area contributed by atoms with E-state index < -0.39 is 17.9 Å². The lowest BCUT2D eigenvalue weighted by atomic mass is 10.1. The summed E-state index contributed by atoms with van der Waals surface area (Å²) in [6, 6.07) is 3.64. The van der Waals surface area contributed by atoms with E-state index in [2.05, 4.69) is 5.32 Å². The number of amides is 1. The summed E-state index contributed by atoms with van der Waals surface area (Å²) in [6.07, 6.45) is 0. The van der Waals surface area contributed by atoms with Gasteiger partial charge in [0.05, 0.1) is 16.9 Å². The fourth-order valence-electron chi connectivity index (χ4n) is 1.13. The first kappa shape index (κ1) is 11.8. The fourth-order valence-corrected chi connectivity index (χ4v) is 1.13. The molecule has 0 aliphatic carbocycles. The van der Waals surface area contributed by atoms with E-state index in [4.69, 9.17) is 16.6 Å². The van der Waals surface area contributed by atoms with Crippen LogP contribution in [0, 0.1) is 0 Å². The fraction of sp³-hybridized carbons (Fsp3) is 0.200. The minimum absolute atomic E-state index is 0.0924. The number of carbonyl (C=O) groups is 2. The van der Waals surface area contributed by atoms with E-state index in [9.17, 15) is 9.59 Å². The summed E-state index contributed by atoms with van der Waals surface area (Å²) >= 11 is 0. The van der Waals surface area contributed by atoms with E-state index in [1.54, 1.807) is 6.92 Å². The van der Waals surface area contributed by atoms with Crippen LogP contribution < -0.4 is 16.8 Å². The molecule has 6 heteroatoms. The molecular weight excluding hydrogens is 210 g/mol. The van der Waals surface area contributed by atoms with Crippen molar-refractivity contribution in [1.29, 1.82) is 0 Å². The molecule has 0 aromatic heterocycles. The number of aromatic carboxylic acids is 1. The number of nitrogens with two attached hydrogens (primary N) is 2. The van der Waals surface area contributed by atoms with Crippen molar-refractivity contribution in [1.82, 2.24) is 0 Å². The summed E-state index contributed by atoms with van der Waals surface area (Å²) in [6.45, 7) is 1.59. The molecule has 1 rings (SSSR count). The highest BCUT2D eigenvalue weighted by molar-refractivity contribution is 5.91. The third-order valence-electron chi connectivity index (χ3n) is 2.10. The summed E-state index contributed by atoms with van der Waals surface area (Å²) in [5, 5.41) is 11.5. The zero-order valence-electron chi connectivity index (χ0n) is 8.73. The number of rotatable bonds is 4. The molecule has 6 N–H and O–H groups in total. The number of carboxylic acids is 1. The number of hydrogen-bond acceptors (Lipinski definition) is 4. The Hall–Kier alpha value is -2.24. The van der Waals surface area contributed by atoms with E-state index in [0.717, 1.165) is 0 Å². The molecule has 0 aliphatic rings. The minimum atomic E-state index is -1.05. The molecule has 0 spiro atoms. The van der Waals surface area contributed by atoms with Crippen LogP contribution in [-0.2, 0) is 4.79 Å². The summed E-state index contributed by atoms with van der Waals surface area (Å²) < 4.78 is 0. The highest BCUT2D eigenvalue weighted by Gasteiger charge is 2.11. The van der Waals surface area contributed by atoms with Crippen LogP contribution in [-0.4, -0.2) is 23.0 Å². The van der Waals surface area contributed by atoms with Crippen LogP contribution in [0.3, 0.4) is 0 Å². The van der Waals surface area contributed by atoms with Crippen molar-refractivity contribution in [3.63, 3.8) is 0 Å². The topological polar surface area (TPSA) is 118 Å². The lowest BCUT2D eigenvalue weighted by Crippen LogP contribution is -2.32. The van der Waals surface area contributed by atoms with E-state index in [1.165, 1.54) is 18.2 Å². The highest BCUT2D eigenvalue weighted by atomic mass is 16.4. The zero-order chi connectivity index (χ0) is 12.3. The summed E-state index contributed by atoms with van der Waals surface area (Å²) in [4.78, 5) is 21.5.